The molecule has 1 saturated carbocycles. The Kier molecular flexibility index (Phi) is 2.40. The minimum absolute atomic E-state index is 0.756. The third-order valence-corrected chi connectivity index (χ3v) is 4.09. The van der Waals surface area contributed by atoms with Crippen molar-refractivity contribution in [3.05, 3.63) is 35.5 Å². The van der Waals surface area contributed by atoms with Gasteiger partial charge < -0.3 is 5.32 Å². The van der Waals surface area contributed by atoms with Crippen LogP contribution in [0.1, 0.15) is 23.8 Å². The smallest absolute Gasteiger partial charge is 0.0962 e. The maximum Gasteiger partial charge on any atom is 0.0962 e. The van der Waals surface area contributed by atoms with Gasteiger partial charge in [0.2, 0.25) is 0 Å². The van der Waals surface area contributed by atoms with E-state index in [2.05, 4.69) is 34.6 Å². The lowest BCUT2D eigenvalue weighted by molar-refractivity contribution is 1.08. The van der Waals surface area contributed by atoms with Gasteiger partial charge in [-0.05, 0) is 30.5 Å². The number of nitrogens with zero attached hydrogens (tertiary/aromatic N) is 1. The summed E-state index contributed by atoms with van der Waals surface area (Å²) in [5.74, 6) is 0.756. The van der Waals surface area contributed by atoms with Crippen molar-refractivity contribution in [1.82, 2.24) is 4.98 Å². The third kappa shape index (κ3) is 1.83. The van der Waals surface area contributed by atoms with E-state index >= 15 is 0 Å². The van der Waals surface area contributed by atoms with Crippen LogP contribution in [-0.4, -0.2) is 12.0 Å². The van der Waals surface area contributed by atoms with Crippen molar-refractivity contribution in [3.8, 4) is 10.4 Å². The quantitative estimate of drug-likeness (QED) is 0.869. The van der Waals surface area contributed by atoms with Crippen LogP contribution in [0.3, 0.4) is 0 Å². The van der Waals surface area contributed by atoms with Gasteiger partial charge in [0.25, 0.3) is 0 Å². The molecule has 0 unspecified atom stereocenters. The highest BCUT2D eigenvalue weighted by Gasteiger charge is 2.26. The standard InChI is InChI=1S/C13H14N2S/c1-14-11-4-2-3-10(7-11)12-8-15-13(16-12)9-5-6-9/h2-4,7-9,14H,5-6H2,1H3. The average Bonchev–Trinajstić information content (AvgIpc) is 3.07. The zero-order chi connectivity index (χ0) is 11.0. The Morgan fingerprint density at radius 1 is 1.38 bits per heavy atom. The number of nitrogens with one attached hydrogen (secondary N) is 1. The second-order valence-corrected chi connectivity index (χ2v) is 5.23. The summed E-state index contributed by atoms with van der Waals surface area (Å²) in [6.07, 6.45) is 4.65. The number of rotatable bonds is 3. The molecule has 82 valence electrons. The predicted molar refractivity (Wildman–Crippen MR) is 69.1 cm³/mol. The molecule has 1 fully saturated rings. The van der Waals surface area contributed by atoms with E-state index in [9.17, 15) is 0 Å². The van der Waals surface area contributed by atoms with E-state index in [4.69, 9.17) is 0 Å². The van der Waals surface area contributed by atoms with Crippen molar-refractivity contribution in [3.63, 3.8) is 0 Å². The Balaban J connectivity index is 1.93. The number of benzene rings is 1. The molecule has 1 aliphatic carbocycles. The second kappa shape index (κ2) is 3.91. The minimum Gasteiger partial charge on any atom is -0.388 e. The molecule has 3 heteroatoms. The van der Waals surface area contributed by atoms with E-state index in [1.807, 2.05) is 24.6 Å². The van der Waals surface area contributed by atoms with Gasteiger partial charge in [0.15, 0.2) is 0 Å². The van der Waals surface area contributed by atoms with Crippen molar-refractivity contribution in [1.29, 1.82) is 0 Å². The second-order valence-electron chi connectivity index (χ2n) is 4.17. The topological polar surface area (TPSA) is 24.9 Å². The SMILES string of the molecule is CNc1cccc(-c2cnc(C3CC3)s2)c1. The molecule has 1 aliphatic rings. The summed E-state index contributed by atoms with van der Waals surface area (Å²) >= 11 is 1.84. The fraction of sp³-hybridized carbons (Fsp3) is 0.308. The Morgan fingerprint density at radius 2 is 2.25 bits per heavy atom. The third-order valence-electron chi connectivity index (χ3n) is 2.89. The van der Waals surface area contributed by atoms with E-state index in [1.54, 1.807) is 0 Å². The first-order valence-electron chi connectivity index (χ1n) is 5.61. The van der Waals surface area contributed by atoms with Crippen LogP contribution in [0.15, 0.2) is 30.5 Å². The molecule has 3 rings (SSSR count). The van der Waals surface area contributed by atoms with Crippen molar-refractivity contribution < 1.29 is 0 Å². The van der Waals surface area contributed by atoms with Crippen LogP contribution in [0.4, 0.5) is 5.69 Å². The first-order valence-corrected chi connectivity index (χ1v) is 6.42. The van der Waals surface area contributed by atoms with Crippen LogP contribution in [0.2, 0.25) is 0 Å². The largest absolute Gasteiger partial charge is 0.388 e. The van der Waals surface area contributed by atoms with Gasteiger partial charge in [0.05, 0.1) is 9.88 Å². The predicted octanol–water partition coefficient (Wildman–Crippen LogP) is 3.73. The molecule has 2 aromatic rings. The fourth-order valence-electron chi connectivity index (χ4n) is 1.77. The molecule has 16 heavy (non-hydrogen) atoms. The average molecular weight is 230 g/mol. The zero-order valence-electron chi connectivity index (χ0n) is 9.23. The van der Waals surface area contributed by atoms with E-state index in [0.717, 1.165) is 11.6 Å². The van der Waals surface area contributed by atoms with E-state index in [0.29, 0.717) is 0 Å². The number of thiazole rings is 1. The Bertz CT molecular complexity index is 500. The highest BCUT2D eigenvalue weighted by Crippen LogP contribution is 2.43. The monoisotopic (exact) mass is 230 g/mol. The van der Waals surface area contributed by atoms with Gasteiger partial charge in [0, 0.05) is 24.8 Å². The molecule has 0 atom stereocenters. The highest BCUT2D eigenvalue weighted by atomic mass is 32.1. The van der Waals surface area contributed by atoms with Gasteiger partial charge in [-0.15, -0.1) is 11.3 Å². The first-order chi connectivity index (χ1) is 7.86. The van der Waals surface area contributed by atoms with Crippen LogP contribution < -0.4 is 5.32 Å². The molecule has 2 nitrogen and oxygen atoms in total. The summed E-state index contributed by atoms with van der Waals surface area (Å²) in [5.41, 5.74) is 2.41. The molecule has 1 N–H and O–H groups in total. The molecule has 0 spiro atoms. The number of aromatic nitrogens is 1. The van der Waals surface area contributed by atoms with E-state index in [-0.39, 0.29) is 0 Å². The molecule has 1 aromatic heterocycles. The Labute approximate surface area is 99.4 Å². The van der Waals surface area contributed by atoms with Gasteiger partial charge in [-0.3, -0.25) is 0 Å². The molecule has 1 aromatic carbocycles. The van der Waals surface area contributed by atoms with Crippen molar-refractivity contribution in [2.24, 2.45) is 0 Å². The van der Waals surface area contributed by atoms with Gasteiger partial charge in [-0.25, -0.2) is 4.98 Å². The molecular formula is C13H14N2S. The molecule has 0 bridgehead atoms. The molecule has 0 amide bonds. The van der Waals surface area contributed by atoms with Crippen molar-refractivity contribution in [2.45, 2.75) is 18.8 Å². The summed E-state index contributed by atoms with van der Waals surface area (Å²) in [7, 11) is 1.95. The summed E-state index contributed by atoms with van der Waals surface area (Å²) in [6, 6.07) is 8.47. The lowest BCUT2D eigenvalue weighted by Gasteiger charge is -2.01. The van der Waals surface area contributed by atoms with Crippen molar-refractivity contribution in [2.75, 3.05) is 12.4 Å². The maximum atomic E-state index is 4.51. The summed E-state index contributed by atoms with van der Waals surface area (Å²) < 4.78 is 0. The lowest BCUT2D eigenvalue weighted by atomic mass is 10.2. The molecular weight excluding hydrogens is 216 g/mol. The molecule has 1 heterocycles. The molecule has 0 aliphatic heterocycles. The van der Waals surface area contributed by atoms with Crippen LogP contribution in [0.25, 0.3) is 10.4 Å². The minimum atomic E-state index is 0.756. The van der Waals surface area contributed by atoms with Gasteiger partial charge >= 0.3 is 0 Å². The fourth-order valence-corrected chi connectivity index (χ4v) is 2.85. The van der Waals surface area contributed by atoms with E-state index < -0.39 is 0 Å². The molecule has 0 radical (unpaired) electrons. The summed E-state index contributed by atoms with van der Waals surface area (Å²) in [4.78, 5) is 5.79. The lowest BCUT2D eigenvalue weighted by Crippen LogP contribution is -1.86. The van der Waals surface area contributed by atoms with Crippen molar-refractivity contribution >= 4 is 17.0 Å². The van der Waals surface area contributed by atoms with Gasteiger partial charge in [-0.1, -0.05) is 12.1 Å². The number of anilines is 1. The first kappa shape index (κ1) is 9.85. The summed E-state index contributed by atoms with van der Waals surface area (Å²) in [6.45, 7) is 0. The van der Waals surface area contributed by atoms with E-state index in [1.165, 1.54) is 28.3 Å². The maximum absolute atomic E-state index is 4.51. The Hall–Kier alpha value is -1.35. The summed E-state index contributed by atoms with van der Waals surface area (Å²) in [5, 5.41) is 4.47. The number of hydrogen-bond acceptors (Lipinski definition) is 3. The van der Waals surface area contributed by atoms with Crippen LogP contribution in [0, 0.1) is 0 Å². The van der Waals surface area contributed by atoms with Gasteiger partial charge in [0.1, 0.15) is 0 Å². The van der Waals surface area contributed by atoms with Crippen LogP contribution >= 0.6 is 11.3 Å². The van der Waals surface area contributed by atoms with Gasteiger partial charge in [-0.2, -0.15) is 0 Å². The van der Waals surface area contributed by atoms with Crippen LogP contribution in [-0.2, 0) is 0 Å². The van der Waals surface area contributed by atoms with Crippen LogP contribution in [0.5, 0.6) is 0 Å². The normalized spacial score (nSPS) is 15.1. The molecule has 0 saturated heterocycles. The Morgan fingerprint density at radius 3 is 3.00 bits per heavy atom. The highest BCUT2D eigenvalue weighted by molar-refractivity contribution is 7.15. The zero-order valence-corrected chi connectivity index (χ0v) is 10.1. The number of hydrogen-bond donors (Lipinski definition) is 1.